The number of carbonyl (C=O) groups excluding carboxylic acids is 1. The van der Waals surface area contributed by atoms with Gasteiger partial charge in [0.1, 0.15) is 0 Å². The fraction of sp³-hybridized carbons (Fsp3) is 0.375. The van der Waals surface area contributed by atoms with Gasteiger partial charge in [-0.25, -0.2) is 0 Å². The molecule has 110 valence electrons. The van der Waals surface area contributed by atoms with Crippen molar-refractivity contribution >= 4 is 17.2 Å². The summed E-state index contributed by atoms with van der Waals surface area (Å²) in [5, 5.41) is 3.87. The van der Waals surface area contributed by atoms with E-state index in [-0.39, 0.29) is 5.91 Å². The SMILES string of the molecule is CCN(Cc1ccncc1)C1CN(C(=O)c2ccsc2)C1. The molecule has 1 aliphatic heterocycles. The molecule has 3 rings (SSSR count). The van der Waals surface area contributed by atoms with Gasteiger partial charge in [-0.3, -0.25) is 14.7 Å². The summed E-state index contributed by atoms with van der Waals surface area (Å²) in [6.45, 7) is 5.74. The molecule has 1 saturated heterocycles. The molecule has 2 aromatic rings. The van der Waals surface area contributed by atoms with Gasteiger partial charge in [0.15, 0.2) is 0 Å². The topological polar surface area (TPSA) is 36.4 Å². The minimum absolute atomic E-state index is 0.160. The number of carbonyl (C=O) groups is 1. The van der Waals surface area contributed by atoms with Crippen LogP contribution in [0.25, 0.3) is 0 Å². The second-order valence-corrected chi connectivity index (χ2v) is 6.07. The normalized spacial score (nSPS) is 15.2. The highest BCUT2D eigenvalue weighted by Gasteiger charge is 2.34. The molecule has 0 radical (unpaired) electrons. The van der Waals surface area contributed by atoms with E-state index in [1.165, 1.54) is 5.56 Å². The lowest BCUT2D eigenvalue weighted by molar-refractivity contribution is 0.0254. The Balaban J connectivity index is 1.55. The summed E-state index contributed by atoms with van der Waals surface area (Å²) in [5.74, 6) is 0.160. The third-order valence-corrected chi connectivity index (χ3v) is 4.66. The molecule has 5 heteroatoms. The number of likely N-dealkylation sites (tertiary alicyclic amines) is 1. The second-order valence-electron chi connectivity index (χ2n) is 5.29. The smallest absolute Gasteiger partial charge is 0.254 e. The summed E-state index contributed by atoms with van der Waals surface area (Å²) in [4.78, 5) is 20.6. The van der Waals surface area contributed by atoms with E-state index in [1.54, 1.807) is 11.3 Å². The Bertz CT molecular complexity index is 579. The number of aromatic nitrogens is 1. The Morgan fingerprint density at radius 3 is 2.76 bits per heavy atom. The van der Waals surface area contributed by atoms with Crippen LogP contribution in [-0.2, 0) is 6.54 Å². The molecule has 0 N–H and O–H groups in total. The fourth-order valence-electron chi connectivity index (χ4n) is 2.64. The number of hydrogen-bond acceptors (Lipinski definition) is 4. The molecule has 0 aliphatic carbocycles. The lowest BCUT2D eigenvalue weighted by atomic mass is 10.0. The van der Waals surface area contributed by atoms with E-state index in [2.05, 4.69) is 28.9 Å². The van der Waals surface area contributed by atoms with Gasteiger partial charge in [0.2, 0.25) is 0 Å². The Kier molecular flexibility index (Phi) is 4.31. The van der Waals surface area contributed by atoms with Crippen LogP contribution >= 0.6 is 11.3 Å². The minimum Gasteiger partial charge on any atom is -0.335 e. The zero-order valence-corrected chi connectivity index (χ0v) is 12.9. The first-order valence-electron chi connectivity index (χ1n) is 7.22. The van der Waals surface area contributed by atoms with Gasteiger partial charge in [0, 0.05) is 43.4 Å². The van der Waals surface area contributed by atoms with Crippen LogP contribution in [0, 0.1) is 0 Å². The van der Waals surface area contributed by atoms with Crippen molar-refractivity contribution in [2.75, 3.05) is 19.6 Å². The highest BCUT2D eigenvalue weighted by Crippen LogP contribution is 2.20. The average Bonchev–Trinajstić information content (AvgIpc) is 2.99. The molecule has 0 atom stereocenters. The Hall–Kier alpha value is -1.72. The summed E-state index contributed by atoms with van der Waals surface area (Å²) in [6, 6.07) is 6.46. The molecule has 0 saturated carbocycles. The first-order chi connectivity index (χ1) is 10.3. The van der Waals surface area contributed by atoms with E-state index in [1.807, 2.05) is 34.1 Å². The van der Waals surface area contributed by atoms with E-state index >= 15 is 0 Å². The van der Waals surface area contributed by atoms with Gasteiger partial charge in [-0.15, -0.1) is 0 Å². The van der Waals surface area contributed by atoms with Crippen molar-refractivity contribution in [3.63, 3.8) is 0 Å². The minimum atomic E-state index is 0.160. The van der Waals surface area contributed by atoms with Crippen LogP contribution in [0.3, 0.4) is 0 Å². The fourth-order valence-corrected chi connectivity index (χ4v) is 3.27. The van der Waals surface area contributed by atoms with E-state index < -0.39 is 0 Å². The van der Waals surface area contributed by atoms with Gasteiger partial charge in [-0.2, -0.15) is 11.3 Å². The Morgan fingerprint density at radius 1 is 1.38 bits per heavy atom. The van der Waals surface area contributed by atoms with Crippen LogP contribution in [0.5, 0.6) is 0 Å². The van der Waals surface area contributed by atoms with Crippen LogP contribution in [0.4, 0.5) is 0 Å². The van der Waals surface area contributed by atoms with Gasteiger partial charge < -0.3 is 4.90 Å². The van der Waals surface area contributed by atoms with Gasteiger partial charge in [0.25, 0.3) is 5.91 Å². The first kappa shape index (κ1) is 14.2. The molecule has 0 bridgehead atoms. The predicted molar refractivity (Wildman–Crippen MR) is 84.3 cm³/mol. The maximum Gasteiger partial charge on any atom is 0.254 e. The van der Waals surface area contributed by atoms with E-state index in [0.29, 0.717) is 6.04 Å². The summed E-state index contributed by atoms with van der Waals surface area (Å²) in [6.07, 6.45) is 3.66. The molecule has 2 aromatic heterocycles. The molecule has 0 spiro atoms. The van der Waals surface area contributed by atoms with Crippen LogP contribution < -0.4 is 0 Å². The van der Waals surface area contributed by atoms with Crippen molar-refractivity contribution in [3.05, 3.63) is 52.5 Å². The molecular formula is C16H19N3OS. The highest BCUT2D eigenvalue weighted by molar-refractivity contribution is 7.08. The van der Waals surface area contributed by atoms with E-state index in [4.69, 9.17) is 0 Å². The Labute approximate surface area is 129 Å². The molecule has 21 heavy (non-hydrogen) atoms. The molecule has 4 nitrogen and oxygen atoms in total. The highest BCUT2D eigenvalue weighted by atomic mass is 32.1. The van der Waals surface area contributed by atoms with Gasteiger partial charge in [0.05, 0.1) is 5.56 Å². The maximum atomic E-state index is 12.2. The number of rotatable bonds is 5. The number of thiophene rings is 1. The number of nitrogens with zero attached hydrogens (tertiary/aromatic N) is 3. The lowest BCUT2D eigenvalue weighted by Gasteiger charge is -2.45. The van der Waals surface area contributed by atoms with Gasteiger partial charge >= 0.3 is 0 Å². The third-order valence-electron chi connectivity index (χ3n) is 3.98. The van der Waals surface area contributed by atoms with Crippen molar-refractivity contribution in [1.82, 2.24) is 14.8 Å². The molecule has 0 aromatic carbocycles. The van der Waals surface area contributed by atoms with Crippen LogP contribution in [-0.4, -0.2) is 46.4 Å². The number of likely N-dealkylation sites (N-methyl/N-ethyl adjacent to an activating group) is 1. The van der Waals surface area contributed by atoms with E-state index in [9.17, 15) is 4.79 Å². The molecule has 1 aliphatic rings. The van der Waals surface area contributed by atoms with Crippen molar-refractivity contribution < 1.29 is 4.79 Å². The molecule has 1 fully saturated rings. The van der Waals surface area contributed by atoms with Crippen LogP contribution in [0.15, 0.2) is 41.4 Å². The van der Waals surface area contributed by atoms with Crippen LogP contribution in [0.2, 0.25) is 0 Å². The zero-order chi connectivity index (χ0) is 14.7. The number of amides is 1. The van der Waals surface area contributed by atoms with Crippen molar-refractivity contribution in [2.45, 2.75) is 19.5 Å². The molecule has 0 unspecified atom stereocenters. The van der Waals surface area contributed by atoms with Gasteiger partial charge in [-0.05, 0) is 35.7 Å². The van der Waals surface area contributed by atoms with Crippen LogP contribution in [0.1, 0.15) is 22.8 Å². The summed E-state index contributed by atoms with van der Waals surface area (Å²) in [7, 11) is 0. The summed E-state index contributed by atoms with van der Waals surface area (Å²) >= 11 is 1.57. The van der Waals surface area contributed by atoms with E-state index in [0.717, 1.165) is 31.7 Å². The lowest BCUT2D eigenvalue weighted by Crippen LogP contribution is -2.60. The number of hydrogen-bond donors (Lipinski definition) is 0. The predicted octanol–water partition coefficient (Wildman–Crippen LogP) is 2.49. The summed E-state index contributed by atoms with van der Waals surface area (Å²) < 4.78 is 0. The number of pyridine rings is 1. The molecular weight excluding hydrogens is 282 g/mol. The van der Waals surface area contributed by atoms with Crippen molar-refractivity contribution in [2.24, 2.45) is 0 Å². The van der Waals surface area contributed by atoms with Gasteiger partial charge in [-0.1, -0.05) is 6.92 Å². The van der Waals surface area contributed by atoms with Crippen molar-refractivity contribution in [1.29, 1.82) is 0 Å². The largest absolute Gasteiger partial charge is 0.335 e. The van der Waals surface area contributed by atoms with Crippen molar-refractivity contribution in [3.8, 4) is 0 Å². The molecule has 1 amide bonds. The second kappa shape index (κ2) is 6.37. The quantitative estimate of drug-likeness (QED) is 0.851. The standard InChI is InChI=1S/C16H19N3OS/c1-2-18(9-13-3-6-17-7-4-13)15-10-19(11-15)16(20)14-5-8-21-12-14/h3-8,12,15H,2,9-11H2,1H3. The monoisotopic (exact) mass is 301 g/mol. The maximum absolute atomic E-state index is 12.2. The Morgan fingerprint density at radius 2 is 2.14 bits per heavy atom. The first-order valence-corrected chi connectivity index (χ1v) is 8.16. The molecule has 3 heterocycles. The third kappa shape index (κ3) is 3.14. The average molecular weight is 301 g/mol. The zero-order valence-electron chi connectivity index (χ0n) is 12.1. The summed E-state index contributed by atoms with van der Waals surface area (Å²) in [5.41, 5.74) is 2.09.